The van der Waals surface area contributed by atoms with E-state index in [1.54, 1.807) is 0 Å². The zero-order valence-corrected chi connectivity index (χ0v) is 13.8. The molecular formula is C14H26O11. The van der Waals surface area contributed by atoms with Gasteiger partial charge in [0.2, 0.25) is 0 Å². The lowest BCUT2D eigenvalue weighted by atomic mass is 9.95. The second-order valence-corrected chi connectivity index (χ2v) is 6.22. The molecule has 0 unspecified atom stereocenters. The number of ether oxygens (including phenoxy) is 4. The minimum Gasteiger partial charge on any atom is -0.394 e. The fourth-order valence-electron chi connectivity index (χ4n) is 2.93. The van der Waals surface area contributed by atoms with Crippen LogP contribution < -0.4 is 0 Å². The highest BCUT2D eigenvalue weighted by molar-refractivity contribution is 4.93. The van der Waals surface area contributed by atoms with Gasteiger partial charge in [-0.3, -0.25) is 0 Å². The van der Waals surface area contributed by atoms with Crippen LogP contribution in [0.15, 0.2) is 0 Å². The molecule has 0 bridgehead atoms. The van der Waals surface area contributed by atoms with Crippen molar-refractivity contribution in [2.45, 2.75) is 74.4 Å². The molecule has 0 aliphatic carbocycles. The van der Waals surface area contributed by atoms with Gasteiger partial charge in [0.25, 0.3) is 0 Å². The molecule has 11 nitrogen and oxygen atoms in total. The van der Waals surface area contributed by atoms with Crippen LogP contribution in [0.3, 0.4) is 0 Å². The number of hydrogen-bond acceptors (Lipinski definition) is 11. The number of aliphatic hydroxyl groups excluding tert-OH is 7. The maximum absolute atomic E-state index is 10.1. The Morgan fingerprint density at radius 1 is 0.800 bits per heavy atom. The molecule has 0 saturated carbocycles. The highest BCUT2D eigenvalue weighted by atomic mass is 16.7. The van der Waals surface area contributed by atoms with E-state index in [-0.39, 0.29) is 0 Å². The Balaban J connectivity index is 2.06. The van der Waals surface area contributed by atoms with E-state index in [1.807, 2.05) is 0 Å². The van der Waals surface area contributed by atoms with Crippen molar-refractivity contribution in [3.05, 3.63) is 0 Å². The molecule has 0 aromatic carbocycles. The van der Waals surface area contributed by atoms with Gasteiger partial charge in [-0.25, -0.2) is 0 Å². The fourth-order valence-corrected chi connectivity index (χ4v) is 2.93. The van der Waals surface area contributed by atoms with E-state index in [1.165, 1.54) is 14.0 Å². The molecule has 2 aliphatic heterocycles. The van der Waals surface area contributed by atoms with E-state index < -0.39 is 74.1 Å². The van der Waals surface area contributed by atoms with Gasteiger partial charge in [0.05, 0.1) is 12.7 Å². The van der Waals surface area contributed by atoms with Crippen LogP contribution in [0.4, 0.5) is 0 Å². The first-order chi connectivity index (χ1) is 11.7. The van der Waals surface area contributed by atoms with Gasteiger partial charge in [-0.1, -0.05) is 0 Å². The smallest absolute Gasteiger partial charge is 0.187 e. The van der Waals surface area contributed by atoms with Crippen molar-refractivity contribution in [2.24, 2.45) is 0 Å². The molecule has 2 fully saturated rings. The molecule has 0 radical (unpaired) electrons. The Morgan fingerprint density at radius 3 is 1.92 bits per heavy atom. The second-order valence-electron chi connectivity index (χ2n) is 6.22. The molecule has 7 N–H and O–H groups in total. The van der Waals surface area contributed by atoms with Crippen molar-refractivity contribution >= 4 is 0 Å². The number of rotatable bonds is 5. The highest BCUT2D eigenvalue weighted by Gasteiger charge is 2.49. The number of aliphatic hydroxyl groups is 7. The zero-order chi connectivity index (χ0) is 18.9. The number of methoxy groups -OCH3 is 1. The third kappa shape index (κ3) is 4.12. The first-order valence-corrected chi connectivity index (χ1v) is 7.91. The predicted molar refractivity (Wildman–Crippen MR) is 78.0 cm³/mol. The van der Waals surface area contributed by atoms with Crippen LogP contribution in [0.25, 0.3) is 0 Å². The maximum atomic E-state index is 10.1. The summed E-state index contributed by atoms with van der Waals surface area (Å²) in [5, 5.41) is 68.3. The fraction of sp³-hybridized carbons (Fsp3) is 1.00. The topological polar surface area (TPSA) is 179 Å². The standard InChI is InChI=1S/C14H26O11/c1-4(12-9(19)8(18)10(20)13(22-2)25-12)23-14-11(21)7(17)6(16)5(3-15)24-14/h4-21H,3H2,1-2H3/t4-,5-,6-,7+,8-,9-,10+,11-,12+,13-,14+/m1/s1. The Hall–Kier alpha value is -0.440. The molecule has 2 saturated heterocycles. The van der Waals surface area contributed by atoms with Crippen LogP contribution in [0, 0.1) is 0 Å². The molecule has 2 aliphatic rings. The number of hydrogen-bond donors (Lipinski definition) is 7. The lowest BCUT2D eigenvalue weighted by Gasteiger charge is -2.44. The Bertz CT molecular complexity index is 420. The second kappa shape index (κ2) is 8.50. The van der Waals surface area contributed by atoms with Crippen molar-refractivity contribution in [3.63, 3.8) is 0 Å². The zero-order valence-electron chi connectivity index (χ0n) is 13.8. The van der Waals surface area contributed by atoms with E-state index in [9.17, 15) is 30.6 Å². The summed E-state index contributed by atoms with van der Waals surface area (Å²) < 4.78 is 20.9. The maximum Gasteiger partial charge on any atom is 0.187 e. The molecule has 148 valence electrons. The van der Waals surface area contributed by atoms with Gasteiger partial charge in [0.15, 0.2) is 12.6 Å². The van der Waals surface area contributed by atoms with Gasteiger partial charge in [0.1, 0.15) is 48.8 Å². The predicted octanol–water partition coefficient (Wildman–Crippen LogP) is -4.35. The normalized spacial score (nSPS) is 49.8. The third-order valence-electron chi connectivity index (χ3n) is 4.50. The quantitative estimate of drug-likeness (QED) is 0.249. The van der Waals surface area contributed by atoms with Crippen molar-refractivity contribution in [3.8, 4) is 0 Å². The summed E-state index contributed by atoms with van der Waals surface area (Å²) in [5.41, 5.74) is 0. The summed E-state index contributed by atoms with van der Waals surface area (Å²) >= 11 is 0. The first kappa shape index (κ1) is 20.9. The SMILES string of the molecule is CO[C@@H]1O[C@@H]([C@@H](C)O[C@H]2O[C@H](CO)[C@@H](O)[C@H](O)[C@H]2O)[C@H](O)[C@@H](O)[C@@H]1O. The molecule has 0 spiro atoms. The van der Waals surface area contributed by atoms with Gasteiger partial charge in [-0.2, -0.15) is 0 Å². The van der Waals surface area contributed by atoms with E-state index in [0.717, 1.165) is 0 Å². The lowest BCUT2D eigenvalue weighted by molar-refractivity contribution is -0.343. The van der Waals surface area contributed by atoms with Gasteiger partial charge < -0.3 is 54.7 Å². The minimum atomic E-state index is -1.62. The molecule has 11 atom stereocenters. The average Bonchev–Trinajstić information content (AvgIpc) is 2.60. The Labute approximate surface area is 143 Å². The van der Waals surface area contributed by atoms with Crippen LogP contribution in [-0.4, -0.2) is 117 Å². The molecule has 2 rings (SSSR count). The molecular weight excluding hydrogens is 344 g/mol. The lowest BCUT2D eigenvalue weighted by Crippen LogP contribution is -2.63. The van der Waals surface area contributed by atoms with Crippen molar-refractivity contribution in [2.75, 3.05) is 13.7 Å². The Morgan fingerprint density at radius 2 is 1.36 bits per heavy atom. The largest absolute Gasteiger partial charge is 0.394 e. The molecule has 2 heterocycles. The van der Waals surface area contributed by atoms with Gasteiger partial charge in [-0.15, -0.1) is 0 Å². The summed E-state index contributed by atoms with van der Waals surface area (Å²) in [5.74, 6) is 0. The average molecular weight is 370 g/mol. The van der Waals surface area contributed by atoms with Crippen LogP contribution in [-0.2, 0) is 18.9 Å². The van der Waals surface area contributed by atoms with Crippen LogP contribution >= 0.6 is 0 Å². The van der Waals surface area contributed by atoms with Crippen molar-refractivity contribution in [1.82, 2.24) is 0 Å². The van der Waals surface area contributed by atoms with Gasteiger partial charge in [0, 0.05) is 7.11 Å². The summed E-state index contributed by atoms with van der Waals surface area (Å²) in [7, 11) is 1.25. The molecule has 11 heteroatoms. The highest BCUT2D eigenvalue weighted by Crippen LogP contribution is 2.28. The van der Waals surface area contributed by atoms with Crippen molar-refractivity contribution in [1.29, 1.82) is 0 Å². The van der Waals surface area contributed by atoms with Gasteiger partial charge >= 0.3 is 0 Å². The minimum absolute atomic E-state index is 0.613. The van der Waals surface area contributed by atoms with Crippen LogP contribution in [0.1, 0.15) is 6.92 Å². The summed E-state index contributed by atoms with van der Waals surface area (Å²) in [6, 6.07) is 0. The van der Waals surface area contributed by atoms with E-state index in [4.69, 9.17) is 24.1 Å². The van der Waals surface area contributed by atoms with Crippen LogP contribution in [0.5, 0.6) is 0 Å². The third-order valence-corrected chi connectivity index (χ3v) is 4.50. The van der Waals surface area contributed by atoms with E-state index in [0.29, 0.717) is 0 Å². The molecule has 0 amide bonds. The summed E-state index contributed by atoms with van der Waals surface area (Å²) in [4.78, 5) is 0. The summed E-state index contributed by atoms with van der Waals surface area (Å²) in [6.07, 6.45) is -15.2. The van der Waals surface area contributed by atoms with Crippen molar-refractivity contribution < 1.29 is 54.7 Å². The molecule has 25 heavy (non-hydrogen) atoms. The van der Waals surface area contributed by atoms with Crippen LogP contribution in [0.2, 0.25) is 0 Å². The molecule has 0 aromatic rings. The molecule has 0 aromatic heterocycles. The van der Waals surface area contributed by atoms with Gasteiger partial charge in [-0.05, 0) is 6.92 Å². The first-order valence-electron chi connectivity index (χ1n) is 7.91. The Kier molecular flexibility index (Phi) is 7.09. The van der Waals surface area contributed by atoms with E-state index >= 15 is 0 Å². The monoisotopic (exact) mass is 370 g/mol. The summed E-state index contributed by atoms with van der Waals surface area (Å²) in [6.45, 7) is 0.838. The van der Waals surface area contributed by atoms with E-state index in [2.05, 4.69) is 0 Å².